The van der Waals surface area contributed by atoms with Crippen LogP contribution in [0.3, 0.4) is 0 Å². The fourth-order valence-corrected chi connectivity index (χ4v) is 4.72. The Morgan fingerprint density at radius 2 is 1.96 bits per heavy atom. The zero-order valence-corrected chi connectivity index (χ0v) is 16.6. The van der Waals surface area contributed by atoms with Crippen molar-refractivity contribution >= 4 is 46.0 Å². The van der Waals surface area contributed by atoms with Gasteiger partial charge in [-0.2, -0.15) is 0 Å². The summed E-state index contributed by atoms with van der Waals surface area (Å²) in [5.41, 5.74) is 3.51. The maximum Gasteiger partial charge on any atom is 0.272 e. The molecule has 124 valence electrons. The molecule has 0 aliphatic rings. The van der Waals surface area contributed by atoms with Gasteiger partial charge < -0.3 is 4.98 Å². The molecule has 2 heterocycles. The summed E-state index contributed by atoms with van der Waals surface area (Å²) in [6.07, 6.45) is 1.76. The van der Waals surface area contributed by atoms with Crippen LogP contribution in [-0.4, -0.2) is 23.0 Å². The number of aromatic amines is 1. The Morgan fingerprint density at radius 3 is 2.58 bits per heavy atom. The van der Waals surface area contributed by atoms with E-state index in [0.717, 1.165) is 32.0 Å². The standard InChI is InChI=1S/C17H18BrN3O2Si/c1-10-5-6-11(7-14(10)21(22)23)15-13-8-12(18)9-19-16(13)20-17(15)24(2,3)4/h5-9H,1-4H3,(H,19,20). The molecule has 24 heavy (non-hydrogen) atoms. The lowest BCUT2D eigenvalue weighted by Gasteiger charge is -2.17. The van der Waals surface area contributed by atoms with Crippen molar-refractivity contribution in [3.63, 3.8) is 0 Å². The summed E-state index contributed by atoms with van der Waals surface area (Å²) in [5.74, 6) is 0. The average Bonchev–Trinajstić information content (AvgIpc) is 2.86. The van der Waals surface area contributed by atoms with E-state index < -0.39 is 8.07 Å². The molecule has 0 saturated carbocycles. The molecule has 0 spiro atoms. The maximum atomic E-state index is 11.3. The van der Waals surface area contributed by atoms with Crippen LogP contribution in [0.2, 0.25) is 19.6 Å². The summed E-state index contributed by atoms with van der Waals surface area (Å²) in [7, 11) is -1.70. The number of hydrogen-bond donors (Lipinski definition) is 1. The molecule has 0 atom stereocenters. The van der Waals surface area contributed by atoms with Gasteiger partial charge in [0.2, 0.25) is 0 Å². The Balaban J connectivity index is 2.38. The Morgan fingerprint density at radius 1 is 1.25 bits per heavy atom. The fourth-order valence-electron chi connectivity index (χ4n) is 2.87. The van der Waals surface area contributed by atoms with E-state index in [2.05, 4.69) is 45.5 Å². The van der Waals surface area contributed by atoms with E-state index in [1.807, 2.05) is 18.2 Å². The highest BCUT2D eigenvalue weighted by Gasteiger charge is 2.27. The van der Waals surface area contributed by atoms with Gasteiger partial charge in [0.25, 0.3) is 5.69 Å². The molecule has 7 heteroatoms. The zero-order chi connectivity index (χ0) is 17.6. The lowest BCUT2D eigenvalue weighted by Crippen LogP contribution is -2.39. The first-order chi connectivity index (χ1) is 11.2. The quantitative estimate of drug-likeness (QED) is 0.389. The Kier molecular flexibility index (Phi) is 4.09. The van der Waals surface area contributed by atoms with E-state index >= 15 is 0 Å². The summed E-state index contributed by atoms with van der Waals surface area (Å²) in [6, 6.07) is 7.45. The molecule has 5 nitrogen and oxygen atoms in total. The minimum atomic E-state index is -1.70. The van der Waals surface area contributed by atoms with Crippen LogP contribution in [0.4, 0.5) is 5.69 Å². The summed E-state index contributed by atoms with van der Waals surface area (Å²) >= 11 is 3.47. The molecule has 1 N–H and O–H groups in total. The lowest BCUT2D eigenvalue weighted by molar-refractivity contribution is -0.385. The number of pyridine rings is 1. The summed E-state index contributed by atoms with van der Waals surface area (Å²) in [6.45, 7) is 8.51. The normalized spacial score (nSPS) is 11.9. The molecule has 0 aliphatic heterocycles. The predicted molar refractivity (Wildman–Crippen MR) is 104 cm³/mol. The van der Waals surface area contributed by atoms with E-state index in [0.29, 0.717) is 5.56 Å². The highest BCUT2D eigenvalue weighted by Crippen LogP contribution is 2.33. The van der Waals surface area contributed by atoms with Gasteiger partial charge in [-0.05, 0) is 34.5 Å². The number of halogens is 1. The van der Waals surface area contributed by atoms with Gasteiger partial charge in [0.05, 0.1) is 13.0 Å². The molecule has 0 amide bonds. The number of nitro benzene ring substituents is 1. The third-order valence-corrected chi connectivity index (χ3v) is 6.37. The number of hydrogen-bond acceptors (Lipinski definition) is 3. The number of fused-ring (bicyclic) bond motifs is 1. The molecule has 0 bridgehead atoms. The fraction of sp³-hybridized carbons (Fsp3) is 0.235. The van der Waals surface area contributed by atoms with Crippen molar-refractivity contribution in [3.05, 3.63) is 50.6 Å². The van der Waals surface area contributed by atoms with Crippen molar-refractivity contribution in [3.8, 4) is 11.1 Å². The molecule has 2 aromatic heterocycles. The molecule has 3 aromatic rings. The van der Waals surface area contributed by atoms with Gasteiger partial charge in [-0.1, -0.05) is 31.8 Å². The largest absolute Gasteiger partial charge is 0.347 e. The molecule has 0 radical (unpaired) electrons. The van der Waals surface area contributed by atoms with Gasteiger partial charge in [0, 0.05) is 38.6 Å². The number of H-pyrrole nitrogens is 1. The van der Waals surface area contributed by atoms with Crippen LogP contribution in [-0.2, 0) is 0 Å². The highest BCUT2D eigenvalue weighted by molar-refractivity contribution is 9.10. The van der Waals surface area contributed by atoms with Crippen LogP contribution in [0.15, 0.2) is 34.9 Å². The molecular weight excluding hydrogens is 386 g/mol. The van der Waals surface area contributed by atoms with Crippen LogP contribution >= 0.6 is 15.9 Å². The van der Waals surface area contributed by atoms with E-state index in [-0.39, 0.29) is 10.6 Å². The number of aromatic nitrogens is 2. The smallest absolute Gasteiger partial charge is 0.272 e. The van der Waals surface area contributed by atoms with Crippen molar-refractivity contribution in [1.82, 2.24) is 9.97 Å². The minimum Gasteiger partial charge on any atom is -0.347 e. The topological polar surface area (TPSA) is 71.8 Å². The van der Waals surface area contributed by atoms with Gasteiger partial charge >= 0.3 is 0 Å². The summed E-state index contributed by atoms with van der Waals surface area (Å²) in [4.78, 5) is 18.9. The van der Waals surface area contributed by atoms with Crippen LogP contribution in [0.5, 0.6) is 0 Å². The maximum absolute atomic E-state index is 11.3. The number of nitrogens with one attached hydrogen (secondary N) is 1. The van der Waals surface area contributed by atoms with E-state index in [9.17, 15) is 10.1 Å². The Bertz CT molecular complexity index is 960. The van der Waals surface area contributed by atoms with Crippen molar-refractivity contribution in [2.45, 2.75) is 26.6 Å². The molecule has 0 fully saturated rings. The van der Waals surface area contributed by atoms with E-state index in [4.69, 9.17) is 0 Å². The number of benzene rings is 1. The van der Waals surface area contributed by atoms with Crippen molar-refractivity contribution in [1.29, 1.82) is 0 Å². The third kappa shape index (κ3) is 2.89. The molecule has 1 aromatic carbocycles. The average molecular weight is 404 g/mol. The number of aryl methyl sites for hydroxylation is 1. The highest BCUT2D eigenvalue weighted by atomic mass is 79.9. The minimum absolute atomic E-state index is 0.145. The van der Waals surface area contributed by atoms with Gasteiger partial charge in [-0.25, -0.2) is 4.98 Å². The van der Waals surface area contributed by atoms with E-state index in [1.165, 1.54) is 0 Å². The van der Waals surface area contributed by atoms with Crippen molar-refractivity contribution in [2.24, 2.45) is 0 Å². The predicted octanol–water partition coefficient (Wildman–Crippen LogP) is 4.75. The zero-order valence-electron chi connectivity index (χ0n) is 14.0. The first kappa shape index (κ1) is 16.9. The number of rotatable bonds is 3. The van der Waals surface area contributed by atoms with Gasteiger partial charge in [-0.3, -0.25) is 10.1 Å². The Hall–Kier alpha value is -1.99. The van der Waals surface area contributed by atoms with Crippen LogP contribution in [0.1, 0.15) is 5.56 Å². The van der Waals surface area contributed by atoms with Crippen molar-refractivity contribution < 1.29 is 4.92 Å². The SMILES string of the molecule is Cc1ccc(-c2c([Si](C)(C)C)[nH]c3ncc(Br)cc23)cc1[N+](=O)[O-]. The molecule has 0 saturated heterocycles. The van der Waals surface area contributed by atoms with Gasteiger partial charge in [-0.15, -0.1) is 0 Å². The van der Waals surface area contributed by atoms with Crippen LogP contribution in [0, 0.1) is 17.0 Å². The second-order valence-electron chi connectivity index (χ2n) is 6.93. The van der Waals surface area contributed by atoms with Crippen LogP contribution < -0.4 is 5.32 Å². The number of nitrogens with zero attached hydrogens (tertiary/aromatic N) is 2. The van der Waals surface area contributed by atoms with E-state index in [1.54, 1.807) is 19.2 Å². The van der Waals surface area contributed by atoms with Crippen LogP contribution in [0.25, 0.3) is 22.2 Å². The Labute approximate surface area is 149 Å². The second-order valence-corrected chi connectivity index (χ2v) is 12.8. The first-order valence-corrected chi connectivity index (χ1v) is 11.9. The summed E-state index contributed by atoms with van der Waals surface area (Å²) < 4.78 is 0.888. The van der Waals surface area contributed by atoms with Crippen molar-refractivity contribution in [2.75, 3.05) is 0 Å². The molecule has 0 aliphatic carbocycles. The molecule has 3 rings (SSSR count). The molecular formula is C17H18BrN3O2Si. The monoisotopic (exact) mass is 403 g/mol. The van der Waals surface area contributed by atoms with Gasteiger partial charge in [0.15, 0.2) is 0 Å². The first-order valence-electron chi connectivity index (χ1n) is 7.61. The third-order valence-electron chi connectivity index (χ3n) is 4.06. The van der Waals surface area contributed by atoms with Gasteiger partial charge in [0.1, 0.15) is 5.65 Å². The molecule has 0 unspecified atom stereocenters. The second kappa shape index (κ2) is 5.82. The lowest BCUT2D eigenvalue weighted by atomic mass is 10.0. The number of nitro groups is 1. The summed E-state index contributed by atoms with van der Waals surface area (Å²) in [5, 5.41) is 13.5.